The fourth-order valence-electron chi connectivity index (χ4n) is 5.19. The first kappa shape index (κ1) is 23.7. The van der Waals surface area contributed by atoms with Crippen LogP contribution < -0.4 is 10.6 Å². The number of rotatable bonds is 8. The third-order valence-electron chi connectivity index (χ3n) is 6.58. The van der Waals surface area contributed by atoms with E-state index >= 15 is 0 Å². The largest absolute Gasteiger partial charge is 0.356 e. The van der Waals surface area contributed by atoms with Crippen LogP contribution in [-0.4, -0.2) is 59.1 Å². The minimum Gasteiger partial charge on any atom is -0.356 e. The molecule has 2 bridgehead atoms. The molecule has 1 saturated carbocycles. The molecule has 2 N–H and O–H groups in total. The molecule has 2 amide bonds. The van der Waals surface area contributed by atoms with Gasteiger partial charge in [0.15, 0.2) is 5.96 Å². The van der Waals surface area contributed by atoms with Gasteiger partial charge in [-0.15, -0.1) is 24.0 Å². The van der Waals surface area contributed by atoms with Crippen molar-refractivity contribution in [2.75, 3.05) is 26.7 Å². The predicted octanol–water partition coefficient (Wildman–Crippen LogP) is 1.87. The Kier molecular flexibility index (Phi) is 7.77. The Balaban J connectivity index is 0.00000272. The first-order chi connectivity index (χ1) is 14.5. The first-order valence-electron chi connectivity index (χ1n) is 11.0. The van der Waals surface area contributed by atoms with Gasteiger partial charge in [-0.25, -0.2) is 0 Å². The Morgan fingerprint density at radius 1 is 1.06 bits per heavy atom. The SMILES string of the molecule is CN=C(NCCCN1C(=O)C2C3C=CC(C3)C2C1=O)NCCCn1nc(C)cc1C.I. The van der Waals surface area contributed by atoms with Gasteiger partial charge >= 0.3 is 0 Å². The molecule has 31 heavy (non-hydrogen) atoms. The lowest BCUT2D eigenvalue weighted by atomic mass is 9.85. The number of guanidine groups is 1. The number of allylic oxidation sites excluding steroid dienone is 2. The zero-order chi connectivity index (χ0) is 21.3. The van der Waals surface area contributed by atoms with E-state index in [4.69, 9.17) is 0 Å². The molecule has 4 unspecified atom stereocenters. The summed E-state index contributed by atoms with van der Waals surface area (Å²) in [5.41, 5.74) is 2.22. The monoisotopic (exact) mass is 540 g/mol. The average molecular weight is 540 g/mol. The summed E-state index contributed by atoms with van der Waals surface area (Å²) in [7, 11) is 1.74. The zero-order valence-electron chi connectivity index (χ0n) is 18.5. The van der Waals surface area contributed by atoms with Crippen LogP contribution in [0.25, 0.3) is 0 Å². The van der Waals surface area contributed by atoms with Crippen LogP contribution in [0.4, 0.5) is 0 Å². The number of nitrogens with zero attached hydrogens (tertiary/aromatic N) is 4. The molecule has 0 spiro atoms. The van der Waals surface area contributed by atoms with E-state index in [1.54, 1.807) is 7.05 Å². The molecule has 4 atom stereocenters. The molecule has 1 aromatic rings. The van der Waals surface area contributed by atoms with E-state index in [0.29, 0.717) is 19.5 Å². The van der Waals surface area contributed by atoms with Gasteiger partial charge in [0.2, 0.25) is 11.8 Å². The van der Waals surface area contributed by atoms with Crippen molar-refractivity contribution in [1.29, 1.82) is 0 Å². The van der Waals surface area contributed by atoms with Crippen LogP contribution >= 0.6 is 24.0 Å². The van der Waals surface area contributed by atoms with Gasteiger partial charge in [-0.05, 0) is 51.0 Å². The third kappa shape index (κ3) is 4.80. The molecule has 8 nitrogen and oxygen atoms in total. The van der Waals surface area contributed by atoms with E-state index in [1.165, 1.54) is 10.6 Å². The van der Waals surface area contributed by atoms with Crippen molar-refractivity contribution in [1.82, 2.24) is 25.3 Å². The number of aliphatic imine (C=N–C) groups is 1. The molecular formula is C22H33IN6O2. The molecule has 2 heterocycles. The van der Waals surface area contributed by atoms with Crippen molar-refractivity contribution in [3.05, 3.63) is 29.6 Å². The summed E-state index contributed by atoms with van der Waals surface area (Å²) < 4.78 is 2.02. The maximum atomic E-state index is 12.7. The first-order valence-corrected chi connectivity index (χ1v) is 11.0. The number of aromatic nitrogens is 2. The number of carbonyl (C=O) groups is 2. The molecule has 0 aromatic carbocycles. The van der Waals surface area contributed by atoms with Gasteiger partial charge < -0.3 is 10.6 Å². The normalized spacial score (nSPS) is 26.4. The van der Waals surface area contributed by atoms with Crippen molar-refractivity contribution >= 4 is 41.8 Å². The Morgan fingerprint density at radius 3 is 2.16 bits per heavy atom. The van der Waals surface area contributed by atoms with E-state index in [-0.39, 0.29) is 59.5 Å². The predicted molar refractivity (Wildman–Crippen MR) is 130 cm³/mol. The van der Waals surface area contributed by atoms with Crippen molar-refractivity contribution in [3.8, 4) is 0 Å². The molecule has 4 rings (SSSR count). The highest BCUT2D eigenvalue weighted by molar-refractivity contribution is 14.0. The van der Waals surface area contributed by atoms with Crippen LogP contribution in [0.2, 0.25) is 0 Å². The zero-order valence-corrected chi connectivity index (χ0v) is 20.8. The standard InChI is InChI=1S/C22H32N6O2.HI/c1-14-12-15(2)28(26-14)11-5-9-25-22(23-3)24-8-4-10-27-20(29)18-16-6-7-17(13-16)19(18)21(27)30;/h6-7,12,16-19H,4-5,8-11,13H2,1-3H3,(H2,23,24,25);1H. The lowest BCUT2D eigenvalue weighted by molar-refractivity contribution is -0.140. The van der Waals surface area contributed by atoms with E-state index in [1.807, 2.05) is 11.6 Å². The van der Waals surface area contributed by atoms with Gasteiger partial charge in [0.05, 0.1) is 17.5 Å². The Hall–Kier alpha value is -1.91. The summed E-state index contributed by atoms with van der Waals surface area (Å²) in [6.07, 6.45) is 6.90. The molecule has 1 aliphatic heterocycles. The van der Waals surface area contributed by atoms with E-state index in [0.717, 1.165) is 37.6 Å². The second-order valence-electron chi connectivity index (χ2n) is 8.61. The van der Waals surface area contributed by atoms with Crippen LogP contribution in [0.5, 0.6) is 0 Å². The van der Waals surface area contributed by atoms with E-state index < -0.39 is 0 Å². The average Bonchev–Trinajstić information content (AvgIpc) is 3.46. The summed E-state index contributed by atoms with van der Waals surface area (Å²) in [4.78, 5) is 31.1. The van der Waals surface area contributed by atoms with Crippen LogP contribution in [-0.2, 0) is 16.1 Å². The van der Waals surface area contributed by atoms with Gasteiger partial charge in [0, 0.05) is 38.9 Å². The third-order valence-corrected chi connectivity index (χ3v) is 6.58. The highest BCUT2D eigenvalue weighted by atomic mass is 127. The maximum absolute atomic E-state index is 12.7. The summed E-state index contributed by atoms with van der Waals surface area (Å²) in [6.45, 7) is 6.87. The highest BCUT2D eigenvalue weighted by Crippen LogP contribution is 2.52. The minimum atomic E-state index is -0.0999. The summed E-state index contributed by atoms with van der Waals surface area (Å²) in [5.74, 6) is 1.16. The number of amides is 2. The molecule has 2 fully saturated rings. The Labute approximate surface area is 200 Å². The van der Waals surface area contributed by atoms with Crippen molar-refractivity contribution < 1.29 is 9.59 Å². The molecular weight excluding hydrogens is 507 g/mol. The number of hydrogen-bond acceptors (Lipinski definition) is 4. The highest BCUT2D eigenvalue weighted by Gasteiger charge is 2.58. The summed E-state index contributed by atoms with van der Waals surface area (Å²) in [6, 6.07) is 2.08. The number of hydrogen-bond donors (Lipinski definition) is 2. The van der Waals surface area contributed by atoms with Crippen LogP contribution in [0.15, 0.2) is 23.2 Å². The van der Waals surface area contributed by atoms with Gasteiger partial charge in [0.1, 0.15) is 0 Å². The summed E-state index contributed by atoms with van der Waals surface area (Å²) >= 11 is 0. The van der Waals surface area contributed by atoms with Crippen molar-refractivity contribution in [2.45, 2.75) is 39.7 Å². The van der Waals surface area contributed by atoms with Gasteiger partial charge in [-0.2, -0.15) is 5.10 Å². The van der Waals surface area contributed by atoms with Crippen molar-refractivity contribution in [2.24, 2.45) is 28.7 Å². The minimum absolute atomic E-state index is 0. The lowest BCUT2D eigenvalue weighted by Gasteiger charge is -2.18. The fraction of sp³-hybridized carbons (Fsp3) is 0.636. The Morgan fingerprint density at radius 2 is 1.65 bits per heavy atom. The maximum Gasteiger partial charge on any atom is 0.233 e. The molecule has 0 radical (unpaired) electrons. The Bertz CT molecular complexity index is 849. The van der Waals surface area contributed by atoms with Crippen LogP contribution in [0, 0.1) is 37.5 Å². The number of aryl methyl sites for hydroxylation is 3. The molecule has 9 heteroatoms. The van der Waals surface area contributed by atoms with Gasteiger partial charge in [0.25, 0.3) is 0 Å². The van der Waals surface area contributed by atoms with Crippen molar-refractivity contribution in [3.63, 3.8) is 0 Å². The van der Waals surface area contributed by atoms with Gasteiger partial charge in [-0.3, -0.25) is 24.2 Å². The quantitative estimate of drug-likeness (QED) is 0.131. The van der Waals surface area contributed by atoms with E-state index in [2.05, 4.69) is 45.9 Å². The summed E-state index contributed by atoms with van der Waals surface area (Å²) in [5, 5.41) is 11.0. The van der Waals surface area contributed by atoms with Crippen LogP contribution in [0.1, 0.15) is 30.7 Å². The lowest BCUT2D eigenvalue weighted by Crippen LogP contribution is -2.40. The topological polar surface area (TPSA) is 91.6 Å². The number of fused-ring (bicyclic) bond motifs is 5. The molecule has 2 aliphatic carbocycles. The fourth-order valence-corrected chi connectivity index (χ4v) is 5.19. The molecule has 1 saturated heterocycles. The van der Waals surface area contributed by atoms with Crippen LogP contribution in [0.3, 0.4) is 0 Å². The number of carbonyl (C=O) groups excluding carboxylic acids is 2. The number of nitrogens with one attached hydrogen (secondary N) is 2. The molecule has 3 aliphatic rings. The number of imide groups is 1. The smallest absolute Gasteiger partial charge is 0.233 e. The second-order valence-corrected chi connectivity index (χ2v) is 8.61. The van der Waals surface area contributed by atoms with E-state index in [9.17, 15) is 9.59 Å². The number of halogens is 1. The van der Waals surface area contributed by atoms with Gasteiger partial charge in [-0.1, -0.05) is 12.2 Å². The second kappa shape index (κ2) is 10.1. The number of likely N-dealkylation sites (tertiary alicyclic amines) is 1. The molecule has 1 aromatic heterocycles. The molecule has 170 valence electrons.